The highest BCUT2D eigenvalue weighted by Crippen LogP contribution is 2.33. The number of carbonyl (C=O) groups is 1. The van der Waals surface area contributed by atoms with Gasteiger partial charge >= 0.3 is 6.18 Å². The fourth-order valence-corrected chi connectivity index (χ4v) is 2.79. The van der Waals surface area contributed by atoms with Gasteiger partial charge in [-0.25, -0.2) is 0 Å². The van der Waals surface area contributed by atoms with Crippen molar-refractivity contribution in [2.24, 2.45) is 0 Å². The summed E-state index contributed by atoms with van der Waals surface area (Å²) in [5.41, 5.74) is -1.01. The van der Waals surface area contributed by atoms with Crippen molar-refractivity contribution >= 4 is 23.2 Å². The molecule has 24 heavy (non-hydrogen) atoms. The average molecular weight is 365 g/mol. The number of carbonyl (C=O) groups excluding carboxylic acids is 1. The van der Waals surface area contributed by atoms with Gasteiger partial charge in [-0.3, -0.25) is 4.79 Å². The van der Waals surface area contributed by atoms with Crippen molar-refractivity contribution in [2.45, 2.75) is 32.0 Å². The number of amides is 1. The number of aliphatic hydroxyl groups is 1. The molecule has 1 aliphatic rings. The maximum atomic E-state index is 12.7. The molecule has 0 unspecified atom stereocenters. The first-order valence-corrected chi connectivity index (χ1v) is 7.97. The molecule has 1 amide bonds. The fraction of sp³-hybridized carbons (Fsp3) is 0.562. The van der Waals surface area contributed by atoms with Gasteiger partial charge in [-0.15, -0.1) is 0 Å². The predicted octanol–water partition coefficient (Wildman–Crippen LogP) is 3.00. The van der Waals surface area contributed by atoms with Crippen LogP contribution in [0.15, 0.2) is 18.2 Å². The smallest absolute Gasteiger partial charge is 0.380 e. The highest BCUT2D eigenvalue weighted by atomic mass is 35.5. The first kappa shape index (κ1) is 18.9. The number of piperazine rings is 1. The molecular weight excluding hydrogens is 345 g/mol. The van der Waals surface area contributed by atoms with Crippen LogP contribution in [-0.4, -0.2) is 53.9 Å². The Balaban J connectivity index is 1.97. The number of alkyl halides is 3. The molecule has 2 rings (SSSR count). The van der Waals surface area contributed by atoms with E-state index in [-0.39, 0.29) is 0 Å². The summed E-state index contributed by atoms with van der Waals surface area (Å²) in [6.45, 7) is 4.18. The Labute approximate surface area is 143 Å². The third kappa shape index (κ3) is 4.13. The molecule has 1 aliphatic heterocycles. The van der Waals surface area contributed by atoms with Gasteiger partial charge in [0, 0.05) is 36.9 Å². The lowest BCUT2D eigenvalue weighted by molar-refractivity contribution is -0.254. The molecule has 1 atom stereocenters. The van der Waals surface area contributed by atoms with E-state index in [2.05, 4.69) is 0 Å². The maximum Gasteiger partial charge on any atom is 0.417 e. The zero-order valence-electron chi connectivity index (χ0n) is 13.5. The Bertz CT molecular complexity index is 612. The van der Waals surface area contributed by atoms with Crippen molar-refractivity contribution < 1.29 is 23.1 Å². The summed E-state index contributed by atoms with van der Waals surface area (Å²) in [7, 11) is 0. The third-order valence-electron chi connectivity index (χ3n) is 4.25. The van der Waals surface area contributed by atoms with Crippen LogP contribution in [-0.2, 0) is 4.79 Å². The highest BCUT2D eigenvalue weighted by Gasteiger charge is 2.51. The van der Waals surface area contributed by atoms with E-state index < -0.39 is 24.1 Å². The molecule has 4 nitrogen and oxygen atoms in total. The molecule has 0 saturated carbocycles. The topological polar surface area (TPSA) is 43.8 Å². The molecule has 0 bridgehead atoms. The lowest BCUT2D eigenvalue weighted by Crippen LogP contribution is -2.52. The van der Waals surface area contributed by atoms with Gasteiger partial charge in [-0.05, 0) is 31.5 Å². The van der Waals surface area contributed by atoms with Crippen molar-refractivity contribution in [3.8, 4) is 0 Å². The first-order chi connectivity index (χ1) is 11.0. The standard InChI is InChI=1S/C16H20ClF3N2O2/c1-11-3-4-12(17)9-13(11)21-5-7-22(8-6-21)14(23)10-15(2,24)16(18,19)20/h3-4,9,24H,5-8,10H2,1-2H3/t15-/m0/s1. The van der Waals surface area contributed by atoms with Crippen molar-refractivity contribution in [3.05, 3.63) is 28.8 Å². The number of halogens is 4. The summed E-state index contributed by atoms with van der Waals surface area (Å²) in [6, 6.07) is 5.53. The van der Waals surface area contributed by atoms with Gasteiger partial charge in [-0.1, -0.05) is 17.7 Å². The zero-order chi connectivity index (χ0) is 18.1. The number of benzene rings is 1. The summed E-state index contributed by atoms with van der Waals surface area (Å²) in [5.74, 6) is -0.695. The average Bonchev–Trinajstić information content (AvgIpc) is 2.48. The van der Waals surface area contributed by atoms with Crippen molar-refractivity contribution in [1.29, 1.82) is 0 Å². The Morgan fingerprint density at radius 1 is 1.25 bits per heavy atom. The minimum atomic E-state index is -4.83. The van der Waals surface area contributed by atoms with Gasteiger partial charge in [0.05, 0.1) is 6.42 Å². The summed E-state index contributed by atoms with van der Waals surface area (Å²) in [4.78, 5) is 15.5. The van der Waals surface area contributed by atoms with E-state index in [1.807, 2.05) is 24.0 Å². The van der Waals surface area contributed by atoms with Crippen LogP contribution >= 0.6 is 11.6 Å². The minimum Gasteiger partial charge on any atom is -0.380 e. The van der Waals surface area contributed by atoms with Gasteiger partial charge < -0.3 is 14.9 Å². The number of anilines is 1. The van der Waals surface area contributed by atoms with Gasteiger partial charge in [-0.2, -0.15) is 13.2 Å². The van der Waals surface area contributed by atoms with Crippen LogP contribution in [0.2, 0.25) is 5.02 Å². The van der Waals surface area contributed by atoms with Gasteiger partial charge in [0.2, 0.25) is 5.91 Å². The van der Waals surface area contributed by atoms with E-state index >= 15 is 0 Å². The van der Waals surface area contributed by atoms with Crippen LogP contribution in [0.25, 0.3) is 0 Å². The molecule has 1 saturated heterocycles. The Kier molecular flexibility index (Phi) is 5.34. The van der Waals surface area contributed by atoms with Crippen LogP contribution in [0, 0.1) is 6.92 Å². The molecule has 1 heterocycles. The van der Waals surface area contributed by atoms with Crippen molar-refractivity contribution in [3.63, 3.8) is 0 Å². The summed E-state index contributed by atoms with van der Waals surface area (Å²) < 4.78 is 38.1. The quantitative estimate of drug-likeness (QED) is 0.896. The van der Waals surface area contributed by atoms with E-state index in [0.29, 0.717) is 38.1 Å². The van der Waals surface area contributed by atoms with E-state index in [1.54, 1.807) is 6.07 Å². The Morgan fingerprint density at radius 2 is 1.83 bits per heavy atom. The first-order valence-electron chi connectivity index (χ1n) is 7.59. The Hall–Kier alpha value is -1.47. The second-order valence-electron chi connectivity index (χ2n) is 6.25. The van der Waals surface area contributed by atoms with Crippen LogP contribution in [0.5, 0.6) is 0 Å². The summed E-state index contributed by atoms with van der Waals surface area (Å²) in [5, 5.41) is 10.1. The van der Waals surface area contributed by atoms with Gasteiger partial charge in [0.25, 0.3) is 0 Å². The lowest BCUT2D eigenvalue weighted by atomic mass is 10.0. The number of hydrogen-bond donors (Lipinski definition) is 1. The second-order valence-corrected chi connectivity index (χ2v) is 6.68. The molecule has 0 aromatic heterocycles. The summed E-state index contributed by atoms with van der Waals surface area (Å²) >= 11 is 6.00. The minimum absolute atomic E-state index is 0.304. The Morgan fingerprint density at radius 3 is 2.38 bits per heavy atom. The van der Waals surface area contributed by atoms with E-state index in [4.69, 9.17) is 11.6 Å². The van der Waals surface area contributed by atoms with E-state index in [0.717, 1.165) is 11.3 Å². The zero-order valence-corrected chi connectivity index (χ0v) is 14.3. The van der Waals surface area contributed by atoms with Crippen molar-refractivity contribution in [1.82, 2.24) is 4.90 Å². The highest BCUT2D eigenvalue weighted by molar-refractivity contribution is 6.30. The normalized spacial score (nSPS) is 18.5. The van der Waals surface area contributed by atoms with Crippen LogP contribution < -0.4 is 4.90 Å². The molecule has 1 N–H and O–H groups in total. The van der Waals surface area contributed by atoms with Crippen molar-refractivity contribution in [2.75, 3.05) is 31.1 Å². The van der Waals surface area contributed by atoms with Crippen LogP contribution in [0.4, 0.5) is 18.9 Å². The molecule has 0 radical (unpaired) electrons. The third-order valence-corrected chi connectivity index (χ3v) is 4.49. The monoisotopic (exact) mass is 364 g/mol. The molecule has 1 fully saturated rings. The second kappa shape index (κ2) is 6.80. The maximum absolute atomic E-state index is 12.7. The largest absolute Gasteiger partial charge is 0.417 e. The number of hydrogen-bond acceptors (Lipinski definition) is 3. The lowest BCUT2D eigenvalue weighted by Gasteiger charge is -2.38. The summed E-state index contributed by atoms with van der Waals surface area (Å²) in [6.07, 6.45) is -5.80. The molecule has 1 aromatic rings. The molecule has 134 valence electrons. The van der Waals surface area contributed by atoms with Gasteiger partial charge in [0.15, 0.2) is 5.60 Å². The SMILES string of the molecule is Cc1ccc(Cl)cc1N1CCN(C(=O)C[C@](C)(O)C(F)(F)F)CC1. The molecule has 1 aromatic carbocycles. The number of rotatable bonds is 3. The van der Waals surface area contributed by atoms with E-state index in [9.17, 15) is 23.1 Å². The molecule has 8 heteroatoms. The number of aryl methyl sites for hydroxylation is 1. The predicted molar refractivity (Wildman–Crippen MR) is 86.3 cm³/mol. The fourth-order valence-electron chi connectivity index (χ4n) is 2.63. The van der Waals surface area contributed by atoms with Crippen LogP contribution in [0.1, 0.15) is 18.9 Å². The molecule has 0 spiro atoms. The molecular formula is C16H20ClF3N2O2. The van der Waals surface area contributed by atoms with Crippen LogP contribution in [0.3, 0.4) is 0 Å². The van der Waals surface area contributed by atoms with E-state index in [1.165, 1.54) is 4.90 Å². The molecule has 0 aliphatic carbocycles. The van der Waals surface area contributed by atoms with Gasteiger partial charge in [0.1, 0.15) is 0 Å². The number of nitrogens with zero attached hydrogens (tertiary/aromatic N) is 2.